The van der Waals surface area contributed by atoms with Gasteiger partial charge in [-0.15, -0.1) is 0 Å². The van der Waals surface area contributed by atoms with Gasteiger partial charge < -0.3 is 9.47 Å². The predicted octanol–water partition coefficient (Wildman–Crippen LogP) is 2.16. The summed E-state index contributed by atoms with van der Waals surface area (Å²) < 4.78 is 9.81. The summed E-state index contributed by atoms with van der Waals surface area (Å²) in [5.41, 5.74) is 8.50. The number of rotatable bonds is 5. The van der Waals surface area contributed by atoms with Crippen LogP contribution >= 0.6 is 0 Å². The van der Waals surface area contributed by atoms with Crippen LogP contribution in [0.15, 0.2) is 29.4 Å². The molecule has 1 aromatic rings. The highest BCUT2D eigenvalue weighted by atomic mass is 16.5. The smallest absolute Gasteiger partial charge is 0.337 e. The average Bonchev–Trinajstić information content (AvgIpc) is 2.34. The fourth-order valence-electron chi connectivity index (χ4n) is 1.05. The Kier molecular flexibility index (Phi) is 4.69. The monoisotopic (exact) mass is 221 g/mol. The molecule has 0 radical (unpaired) electrons. The van der Waals surface area contributed by atoms with Crippen LogP contribution in [0.1, 0.15) is 10.4 Å². The van der Waals surface area contributed by atoms with Gasteiger partial charge in [0.25, 0.3) is 0 Å². The molecular formula is C10H11N3O3. The molecule has 0 saturated carbocycles. The lowest BCUT2D eigenvalue weighted by Gasteiger charge is -2.04. The summed E-state index contributed by atoms with van der Waals surface area (Å²) in [7, 11) is 1.33. The number of carbonyl (C=O) groups is 1. The quantitative estimate of drug-likeness (QED) is 0.251. The number of azide groups is 1. The molecule has 84 valence electrons. The molecule has 0 spiro atoms. The van der Waals surface area contributed by atoms with E-state index in [2.05, 4.69) is 14.8 Å². The van der Waals surface area contributed by atoms with Crippen LogP contribution in [0.3, 0.4) is 0 Å². The Labute approximate surface area is 92.4 Å². The van der Waals surface area contributed by atoms with Crippen LogP contribution in [0.4, 0.5) is 0 Å². The second kappa shape index (κ2) is 6.31. The van der Waals surface area contributed by atoms with E-state index < -0.39 is 0 Å². The topological polar surface area (TPSA) is 84.3 Å². The Balaban J connectivity index is 2.51. The number of ether oxygens (including phenoxy) is 2. The van der Waals surface area contributed by atoms with Crippen molar-refractivity contribution in [3.63, 3.8) is 0 Å². The SMILES string of the molecule is COC(=O)c1ccc(OCCN=[N+]=[N-])cc1. The molecule has 6 heteroatoms. The van der Waals surface area contributed by atoms with Gasteiger partial charge in [-0.3, -0.25) is 0 Å². The lowest BCUT2D eigenvalue weighted by molar-refractivity contribution is 0.0600. The molecule has 0 aliphatic heterocycles. The summed E-state index contributed by atoms with van der Waals surface area (Å²) in [6.45, 7) is 0.580. The Bertz CT molecular complexity index is 396. The molecule has 16 heavy (non-hydrogen) atoms. The molecule has 0 aromatic heterocycles. The predicted molar refractivity (Wildman–Crippen MR) is 57.3 cm³/mol. The van der Waals surface area contributed by atoms with Crippen LogP contribution in [-0.4, -0.2) is 26.2 Å². The van der Waals surface area contributed by atoms with Crippen LogP contribution in [-0.2, 0) is 4.74 Å². The summed E-state index contributed by atoms with van der Waals surface area (Å²) >= 11 is 0. The maximum Gasteiger partial charge on any atom is 0.337 e. The molecule has 0 amide bonds. The normalized spacial score (nSPS) is 9.06. The highest BCUT2D eigenvalue weighted by Crippen LogP contribution is 2.12. The van der Waals surface area contributed by atoms with Crippen LogP contribution in [0, 0.1) is 0 Å². The zero-order chi connectivity index (χ0) is 11.8. The number of hydrogen-bond acceptors (Lipinski definition) is 4. The zero-order valence-electron chi connectivity index (χ0n) is 8.79. The van der Waals surface area contributed by atoms with E-state index in [1.807, 2.05) is 0 Å². The molecule has 0 heterocycles. The van der Waals surface area contributed by atoms with E-state index in [9.17, 15) is 4.79 Å². The Hall–Kier alpha value is -2.20. The fraction of sp³-hybridized carbons (Fsp3) is 0.300. The van der Waals surface area contributed by atoms with Gasteiger partial charge in [0, 0.05) is 4.91 Å². The fourth-order valence-corrected chi connectivity index (χ4v) is 1.05. The first-order chi connectivity index (χ1) is 7.77. The Morgan fingerprint density at radius 1 is 1.44 bits per heavy atom. The van der Waals surface area contributed by atoms with Crippen molar-refractivity contribution < 1.29 is 14.3 Å². The molecule has 0 aliphatic carbocycles. The van der Waals surface area contributed by atoms with Gasteiger partial charge in [-0.2, -0.15) is 0 Å². The van der Waals surface area contributed by atoms with E-state index >= 15 is 0 Å². The first-order valence-corrected chi connectivity index (χ1v) is 4.60. The van der Waals surface area contributed by atoms with Crippen molar-refractivity contribution in [3.05, 3.63) is 40.3 Å². The highest BCUT2D eigenvalue weighted by Gasteiger charge is 2.04. The van der Waals surface area contributed by atoms with Crippen LogP contribution in [0.2, 0.25) is 0 Å². The van der Waals surface area contributed by atoms with E-state index in [1.54, 1.807) is 24.3 Å². The molecule has 0 aliphatic rings. The molecular weight excluding hydrogens is 210 g/mol. The number of methoxy groups -OCH3 is 1. The maximum atomic E-state index is 11.1. The van der Waals surface area contributed by atoms with Crippen molar-refractivity contribution in [3.8, 4) is 5.75 Å². The summed E-state index contributed by atoms with van der Waals surface area (Å²) in [5.74, 6) is 0.224. The van der Waals surface area contributed by atoms with Gasteiger partial charge >= 0.3 is 5.97 Å². The van der Waals surface area contributed by atoms with Gasteiger partial charge in [0.15, 0.2) is 0 Å². The molecule has 0 atom stereocenters. The summed E-state index contributed by atoms with van der Waals surface area (Å²) in [6.07, 6.45) is 0. The minimum absolute atomic E-state index is 0.273. The van der Waals surface area contributed by atoms with Gasteiger partial charge in [0.2, 0.25) is 0 Å². The second-order valence-corrected chi connectivity index (χ2v) is 2.82. The van der Waals surface area contributed by atoms with E-state index in [1.165, 1.54) is 7.11 Å². The van der Waals surface area contributed by atoms with Gasteiger partial charge in [-0.05, 0) is 29.8 Å². The molecule has 0 unspecified atom stereocenters. The third-order valence-corrected chi connectivity index (χ3v) is 1.80. The molecule has 0 bridgehead atoms. The Morgan fingerprint density at radius 3 is 2.69 bits per heavy atom. The molecule has 6 nitrogen and oxygen atoms in total. The lowest BCUT2D eigenvalue weighted by atomic mass is 10.2. The molecule has 0 N–H and O–H groups in total. The summed E-state index contributed by atoms with van der Waals surface area (Å²) in [4.78, 5) is 13.7. The van der Waals surface area contributed by atoms with E-state index in [4.69, 9.17) is 10.3 Å². The van der Waals surface area contributed by atoms with Gasteiger partial charge in [0.05, 0.1) is 25.8 Å². The third kappa shape index (κ3) is 3.51. The zero-order valence-corrected chi connectivity index (χ0v) is 8.79. The molecule has 0 fully saturated rings. The van der Waals surface area contributed by atoms with Crippen molar-refractivity contribution in [1.29, 1.82) is 0 Å². The van der Waals surface area contributed by atoms with Gasteiger partial charge in [-0.25, -0.2) is 4.79 Å². The maximum absolute atomic E-state index is 11.1. The van der Waals surface area contributed by atoms with Gasteiger partial charge in [0.1, 0.15) is 5.75 Å². The summed E-state index contributed by atoms with van der Waals surface area (Å²) in [6, 6.07) is 6.52. The van der Waals surface area contributed by atoms with Crippen molar-refractivity contribution in [2.75, 3.05) is 20.3 Å². The summed E-state index contributed by atoms with van der Waals surface area (Å²) in [5, 5.41) is 3.33. The highest BCUT2D eigenvalue weighted by molar-refractivity contribution is 5.89. The largest absolute Gasteiger partial charge is 0.493 e. The minimum Gasteiger partial charge on any atom is -0.493 e. The van der Waals surface area contributed by atoms with Crippen molar-refractivity contribution >= 4 is 5.97 Å². The van der Waals surface area contributed by atoms with Crippen LogP contribution in [0.5, 0.6) is 5.75 Å². The minimum atomic E-state index is -0.388. The lowest BCUT2D eigenvalue weighted by Crippen LogP contribution is -2.02. The van der Waals surface area contributed by atoms with E-state index in [0.717, 1.165) is 0 Å². The first kappa shape index (κ1) is 11.9. The number of nitrogens with zero attached hydrogens (tertiary/aromatic N) is 3. The van der Waals surface area contributed by atoms with Crippen molar-refractivity contribution in [2.24, 2.45) is 5.11 Å². The van der Waals surface area contributed by atoms with Crippen LogP contribution < -0.4 is 4.74 Å². The van der Waals surface area contributed by atoms with Crippen molar-refractivity contribution in [2.45, 2.75) is 0 Å². The third-order valence-electron chi connectivity index (χ3n) is 1.80. The van der Waals surface area contributed by atoms with Crippen LogP contribution in [0.25, 0.3) is 10.4 Å². The van der Waals surface area contributed by atoms with Crippen molar-refractivity contribution in [1.82, 2.24) is 0 Å². The van der Waals surface area contributed by atoms with Gasteiger partial charge in [-0.1, -0.05) is 5.11 Å². The average molecular weight is 221 g/mol. The Morgan fingerprint density at radius 2 is 2.12 bits per heavy atom. The number of carbonyl (C=O) groups excluding carboxylic acids is 1. The van der Waals surface area contributed by atoms with E-state index in [-0.39, 0.29) is 12.5 Å². The number of benzene rings is 1. The number of esters is 1. The standard InChI is InChI=1S/C10H11N3O3/c1-15-10(14)8-2-4-9(5-3-8)16-7-6-12-13-11/h2-5H,6-7H2,1H3. The number of hydrogen-bond donors (Lipinski definition) is 0. The van der Waals surface area contributed by atoms with E-state index in [0.29, 0.717) is 17.9 Å². The second-order valence-electron chi connectivity index (χ2n) is 2.82. The first-order valence-electron chi connectivity index (χ1n) is 4.60. The molecule has 1 aromatic carbocycles. The molecule has 0 saturated heterocycles. The molecule has 1 rings (SSSR count).